The monoisotopic (exact) mass is 417 g/mol. The fourth-order valence-electron chi connectivity index (χ4n) is 1.86. The van der Waals surface area contributed by atoms with Crippen LogP contribution in [0.3, 0.4) is 0 Å². The zero-order chi connectivity index (χ0) is 14.7. The van der Waals surface area contributed by atoms with Crippen LogP contribution in [-0.4, -0.2) is 23.0 Å². The van der Waals surface area contributed by atoms with E-state index in [2.05, 4.69) is 48.2 Å². The van der Waals surface area contributed by atoms with E-state index in [0.717, 1.165) is 27.6 Å². The Balaban J connectivity index is 2.04. The number of aromatic carboxylic acids is 1. The predicted octanol–water partition coefficient (Wildman–Crippen LogP) is 4.60. The lowest BCUT2D eigenvalue weighted by Crippen LogP contribution is -2.17. The van der Waals surface area contributed by atoms with Crippen LogP contribution in [0.4, 0.5) is 0 Å². The molecule has 2 rings (SSSR count). The van der Waals surface area contributed by atoms with Crippen LogP contribution in [0.2, 0.25) is 0 Å². The molecule has 0 bridgehead atoms. The number of carbonyl (C=O) groups is 1. The molecule has 0 aliphatic rings. The van der Waals surface area contributed by atoms with E-state index in [1.807, 2.05) is 13.1 Å². The second kappa shape index (κ2) is 6.85. The van der Waals surface area contributed by atoms with Gasteiger partial charge in [0, 0.05) is 32.3 Å². The van der Waals surface area contributed by atoms with Crippen LogP contribution in [0.25, 0.3) is 0 Å². The molecule has 2 aromatic rings. The lowest BCUT2D eigenvalue weighted by Gasteiger charge is -2.17. The Hall–Kier alpha value is -0.690. The van der Waals surface area contributed by atoms with Gasteiger partial charge in [-0.3, -0.25) is 4.90 Å². The Kier molecular flexibility index (Phi) is 5.37. The maximum atomic E-state index is 10.9. The minimum absolute atomic E-state index is 0.297. The summed E-state index contributed by atoms with van der Waals surface area (Å²) in [5.74, 6) is -0.908. The SMILES string of the molecule is CN(Cc1cc(Br)cs1)Cc1ccc(C(=O)O)cc1Br. The number of benzene rings is 1. The second-order valence-electron chi connectivity index (χ2n) is 4.51. The van der Waals surface area contributed by atoms with Gasteiger partial charge in [0.25, 0.3) is 0 Å². The van der Waals surface area contributed by atoms with Crippen molar-refractivity contribution in [1.29, 1.82) is 0 Å². The summed E-state index contributed by atoms with van der Waals surface area (Å²) < 4.78 is 1.94. The maximum Gasteiger partial charge on any atom is 0.335 e. The molecule has 20 heavy (non-hydrogen) atoms. The lowest BCUT2D eigenvalue weighted by molar-refractivity contribution is 0.0697. The number of thiophene rings is 1. The first-order valence-electron chi connectivity index (χ1n) is 5.89. The minimum atomic E-state index is -0.908. The molecule has 0 spiro atoms. The molecule has 0 aliphatic carbocycles. The smallest absolute Gasteiger partial charge is 0.335 e. The van der Waals surface area contributed by atoms with Gasteiger partial charge >= 0.3 is 5.97 Å². The Morgan fingerprint density at radius 2 is 2.05 bits per heavy atom. The third-order valence-electron chi connectivity index (χ3n) is 2.79. The highest BCUT2D eigenvalue weighted by atomic mass is 79.9. The highest BCUT2D eigenvalue weighted by molar-refractivity contribution is 9.10. The van der Waals surface area contributed by atoms with Crippen molar-refractivity contribution >= 4 is 49.2 Å². The molecule has 0 aliphatic heterocycles. The number of carboxylic acid groups (broad SMARTS) is 1. The van der Waals surface area contributed by atoms with Crippen LogP contribution in [0.1, 0.15) is 20.8 Å². The molecule has 1 aromatic heterocycles. The van der Waals surface area contributed by atoms with Crippen molar-refractivity contribution < 1.29 is 9.90 Å². The van der Waals surface area contributed by atoms with Crippen molar-refractivity contribution in [3.63, 3.8) is 0 Å². The third kappa shape index (κ3) is 4.15. The van der Waals surface area contributed by atoms with E-state index in [1.165, 1.54) is 4.88 Å². The molecule has 0 radical (unpaired) electrons. The van der Waals surface area contributed by atoms with Crippen LogP contribution < -0.4 is 0 Å². The number of halogens is 2. The Labute approximate surface area is 138 Å². The van der Waals surface area contributed by atoms with Gasteiger partial charge in [-0.2, -0.15) is 0 Å². The van der Waals surface area contributed by atoms with E-state index < -0.39 is 5.97 Å². The fraction of sp³-hybridized carbons (Fsp3) is 0.214. The molecule has 0 atom stereocenters. The van der Waals surface area contributed by atoms with Crippen molar-refractivity contribution in [2.45, 2.75) is 13.1 Å². The molecule has 1 N–H and O–H groups in total. The largest absolute Gasteiger partial charge is 0.478 e. The quantitative estimate of drug-likeness (QED) is 0.770. The Morgan fingerprint density at radius 3 is 2.60 bits per heavy atom. The summed E-state index contributed by atoms with van der Waals surface area (Å²) in [6.07, 6.45) is 0. The molecule has 3 nitrogen and oxygen atoms in total. The molecule has 0 amide bonds. The van der Waals surface area contributed by atoms with E-state index in [0.29, 0.717) is 5.56 Å². The van der Waals surface area contributed by atoms with E-state index in [1.54, 1.807) is 23.5 Å². The first kappa shape index (κ1) is 15.7. The summed E-state index contributed by atoms with van der Waals surface area (Å²) in [6.45, 7) is 1.62. The van der Waals surface area contributed by atoms with Gasteiger partial charge in [-0.15, -0.1) is 11.3 Å². The summed E-state index contributed by atoms with van der Waals surface area (Å²) in [5, 5.41) is 11.0. The van der Waals surface area contributed by atoms with Gasteiger partial charge in [-0.25, -0.2) is 4.79 Å². The Bertz CT molecular complexity index is 627. The summed E-state index contributed by atoms with van der Waals surface area (Å²) in [6, 6.07) is 7.25. The molecule has 0 saturated heterocycles. The van der Waals surface area contributed by atoms with Crippen LogP contribution in [0.15, 0.2) is 38.6 Å². The average molecular weight is 419 g/mol. The first-order chi connectivity index (χ1) is 9.45. The lowest BCUT2D eigenvalue weighted by atomic mass is 10.1. The third-order valence-corrected chi connectivity index (χ3v) is 5.21. The second-order valence-corrected chi connectivity index (χ2v) is 7.28. The van der Waals surface area contributed by atoms with Crippen LogP contribution in [0, 0.1) is 0 Å². The van der Waals surface area contributed by atoms with E-state index in [-0.39, 0.29) is 0 Å². The molecule has 0 fully saturated rings. The van der Waals surface area contributed by atoms with E-state index in [9.17, 15) is 4.79 Å². The summed E-state index contributed by atoms with van der Waals surface area (Å²) >= 11 is 8.61. The molecular weight excluding hydrogens is 406 g/mol. The van der Waals surface area contributed by atoms with Crippen LogP contribution in [0.5, 0.6) is 0 Å². The van der Waals surface area contributed by atoms with Crippen molar-refractivity contribution in [3.05, 3.63) is 54.6 Å². The minimum Gasteiger partial charge on any atom is -0.478 e. The van der Waals surface area contributed by atoms with Crippen molar-refractivity contribution in [1.82, 2.24) is 4.90 Å². The number of rotatable bonds is 5. The van der Waals surface area contributed by atoms with Crippen molar-refractivity contribution in [2.75, 3.05) is 7.05 Å². The van der Waals surface area contributed by atoms with E-state index in [4.69, 9.17) is 5.11 Å². The number of nitrogens with zero attached hydrogens (tertiary/aromatic N) is 1. The van der Waals surface area contributed by atoms with Gasteiger partial charge in [0.2, 0.25) is 0 Å². The number of hydrogen-bond acceptors (Lipinski definition) is 3. The zero-order valence-corrected chi connectivity index (χ0v) is 14.8. The first-order valence-corrected chi connectivity index (χ1v) is 8.35. The average Bonchev–Trinajstić information content (AvgIpc) is 2.77. The summed E-state index contributed by atoms with van der Waals surface area (Å²) in [7, 11) is 2.05. The molecule has 106 valence electrons. The normalized spacial score (nSPS) is 11.0. The molecule has 0 unspecified atom stereocenters. The van der Waals surface area contributed by atoms with Crippen LogP contribution >= 0.6 is 43.2 Å². The molecule has 0 saturated carbocycles. The van der Waals surface area contributed by atoms with Gasteiger partial charge in [0.15, 0.2) is 0 Å². The number of hydrogen-bond donors (Lipinski definition) is 1. The van der Waals surface area contributed by atoms with Gasteiger partial charge < -0.3 is 5.11 Å². The van der Waals surface area contributed by atoms with Gasteiger partial charge in [-0.1, -0.05) is 22.0 Å². The van der Waals surface area contributed by atoms with Gasteiger partial charge in [-0.05, 0) is 46.7 Å². The van der Waals surface area contributed by atoms with Crippen LogP contribution in [-0.2, 0) is 13.1 Å². The highest BCUT2D eigenvalue weighted by Crippen LogP contribution is 2.23. The van der Waals surface area contributed by atoms with Gasteiger partial charge in [0.1, 0.15) is 0 Å². The molecular formula is C14H13Br2NO2S. The standard InChI is InChI=1S/C14H13Br2NO2S/c1-17(7-12-5-11(15)8-20-12)6-10-3-2-9(14(18)19)4-13(10)16/h2-5,8H,6-7H2,1H3,(H,18,19). The van der Waals surface area contributed by atoms with Crippen molar-refractivity contribution in [2.24, 2.45) is 0 Å². The highest BCUT2D eigenvalue weighted by Gasteiger charge is 2.09. The summed E-state index contributed by atoms with van der Waals surface area (Å²) in [4.78, 5) is 14.4. The molecule has 1 aromatic carbocycles. The fourth-order valence-corrected chi connectivity index (χ4v) is 3.89. The zero-order valence-electron chi connectivity index (χ0n) is 10.8. The summed E-state index contributed by atoms with van der Waals surface area (Å²) in [5.41, 5.74) is 1.37. The Morgan fingerprint density at radius 1 is 1.30 bits per heavy atom. The number of carboxylic acids is 1. The topological polar surface area (TPSA) is 40.5 Å². The predicted molar refractivity (Wildman–Crippen MR) is 88.3 cm³/mol. The van der Waals surface area contributed by atoms with E-state index >= 15 is 0 Å². The maximum absolute atomic E-state index is 10.9. The molecule has 1 heterocycles. The van der Waals surface area contributed by atoms with Crippen molar-refractivity contribution in [3.8, 4) is 0 Å². The molecule has 6 heteroatoms. The van der Waals surface area contributed by atoms with Gasteiger partial charge in [0.05, 0.1) is 5.56 Å².